The fraction of sp³-hybridized carbons (Fsp3) is 0.222. The van der Waals surface area contributed by atoms with Gasteiger partial charge in [-0.2, -0.15) is 0 Å². The second kappa shape index (κ2) is 6.83. The van der Waals surface area contributed by atoms with Gasteiger partial charge in [-0.05, 0) is 30.7 Å². The second-order valence-corrected chi connectivity index (χ2v) is 5.79. The Balaban J connectivity index is 1.99. The van der Waals surface area contributed by atoms with Crippen molar-refractivity contribution < 1.29 is 24.0 Å². The van der Waals surface area contributed by atoms with Gasteiger partial charge in [-0.3, -0.25) is 14.9 Å². The van der Waals surface area contributed by atoms with E-state index in [9.17, 15) is 19.7 Å². The van der Waals surface area contributed by atoms with Crippen LogP contribution in [0, 0.1) is 10.1 Å². The molecule has 3 rings (SSSR count). The molecule has 1 amide bonds. The zero-order valence-corrected chi connectivity index (χ0v) is 14.2. The highest BCUT2D eigenvalue weighted by Gasteiger charge is 2.33. The van der Waals surface area contributed by atoms with Crippen LogP contribution in [0.4, 0.5) is 11.4 Å². The quantitative estimate of drug-likeness (QED) is 0.474. The Morgan fingerprint density at radius 3 is 2.77 bits per heavy atom. The molecule has 8 nitrogen and oxygen atoms in total. The number of esters is 1. The predicted octanol–water partition coefficient (Wildman–Crippen LogP) is 2.70. The summed E-state index contributed by atoms with van der Waals surface area (Å²) in [6.07, 6.45) is -0.715. The third kappa shape index (κ3) is 3.21. The number of nitro benzene ring substituents is 1. The molecule has 0 spiro atoms. The Morgan fingerprint density at radius 1 is 1.31 bits per heavy atom. The molecule has 0 bridgehead atoms. The summed E-state index contributed by atoms with van der Waals surface area (Å²) in [5, 5.41) is 11.1. The summed E-state index contributed by atoms with van der Waals surface area (Å²) in [5.74, 6) is -0.405. The van der Waals surface area contributed by atoms with E-state index in [2.05, 4.69) is 0 Å². The largest absolute Gasteiger partial charge is 0.479 e. The van der Waals surface area contributed by atoms with Crippen LogP contribution in [-0.2, 0) is 16.1 Å². The molecule has 0 saturated carbocycles. The van der Waals surface area contributed by atoms with Crippen LogP contribution in [-0.4, -0.2) is 30.0 Å². The zero-order valence-electron chi connectivity index (χ0n) is 14.2. The highest BCUT2D eigenvalue weighted by Crippen LogP contribution is 2.37. The van der Waals surface area contributed by atoms with E-state index in [1.165, 1.54) is 30.2 Å². The first-order valence-corrected chi connectivity index (χ1v) is 7.84. The van der Waals surface area contributed by atoms with Crippen molar-refractivity contribution in [1.82, 2.24) is 0 Å². The molecule has 1 aliphatic heterocycles. The van der Waals surface area contributed by atoms with Gasteiger partial charge in [-0.15, -0.1) is 0 Å². The van der Waals surface area contributed by atoms with Crippen LogP contribution < -0.4 is 9.64 Å². The van der Waals surface area contributed by atoms with Gasteiger partial charge in [0.1, 0.15) is 5.75 Å². The van der Waals surface area contributed by atoms with Crippen LogP contribution in [0.1, 0.15) is 22.8 Å². The van der Waals surface area contributed by atoms with E-state index in [0.29, 0.717) is 22.6 Å². The fourth-order valence-corrected chi connectivity index (χ4v) is 2.77. The maximum atomic E-state index is 12.6. The smallest absolute Gasteiger partial charge is 0.337 e. The molecule has 134 valence electrons. The van der Waals surface area contributed by atoms with Gasteiger partial charge in [0.2, 0.25) is 0 Å². The molecule has 8 heteroatoms. The maximum Gasteiger partial charge on any atom is 0.337 e. The molecule has 1 aliphatic rings. The van der Waals surface area contributed by atoms with Crippen molar-refractivity contribution in [2.45, 2.75) is 19.6 Å². The number of hydrogen-bond donors (Lipinski definition) is 0. The Labute approximate surface area is 149 Å². The molecule has 0 saturated heterocycles. The number of nitrogens with zero attached hydrogens (tertiary/aromatic N) is 2. The summed E-state index contributed by atoms with van der Waals surface area (Å²) in [7, 11) is 1.29. The summed E-state index contributed by atoms with van der Waals surface area (Å²) in [5.41, 5.74) is 1.24. The molecule has 0 radical (unpaired) electrons. The van der Waals surface area contributed by atoms with Crippen LogP contribution in [0.2, 0.25) is 0 Å². The first-order chi connectivity index (χ1) is 12.4. The molecule has 2 aromatic carbocycles. The van der Waals surface area contributed by atoms with E-state index in [-0.39, 0.29) is 18.1 Å². The maximum absolute atomic E-state index is 12.6. The number of non-ortho nitro benzene ring substituents is 1. The number of anilines is 1. The van der Waals surface area contributed by atoms with Crippen LogP contribution in [0.3, 0.4) is 0 Å². The first-order valence-electron chi connectivity index (χ1n) is 7.84. The Hall–Kier alpha value is -3.42. The van der Waals surface area contributed by atoms with Crippen LogP contribution in [0.15, 0.2) is 42.5 Å². The molecule has 2 aromatic rings. The van der Waals surface area contributed by atoms with Crippen LogP contribution in [0.25, 0.3) is 0 Å². The predicted molar refractivity (Wildman–Crippen MR) is 92.2 cm³/mol. The van der Waals surface area contributed by atoms with E-state index >= 15 is 0 Å². The fourth-order valence-electron chi connectivity index (χ4n) is 2.77. The number of nitro groups is 1. The number of methoxy groups -OCH3 is 1. The summed E-state index contributed by atoms with van der Waals surface area (Å²) in [4.78, 5) is 36.2. The van der Waals surface area contributed by atoms with Crippen molar-refractivity contribution in [2.75, 3.05) is 12.0 Å². The summed E-state index contributed by atoms with van der Waals surface area (Å²) < 4.78 is 10.2. The standard InChI is InChI=1S/C18H16N2O6/c1-11-17(21)19(10-12-4-3-5-13(8-12)18(22)25-2)15-9-14(20(23)24)6-7-16(15)26-11/h3-9,11H,10H2,1-2H3. The van der Waals surface area contributed by atoms with E-state index in [1.54, 1.807) is 31.2 Å². The lowest BCUT2D eigenvalue weighted by Gasteiger charge is -2.33. The average Bonchev–Trinajstić information content (AvgIpc) is 2.64. The number of benzene rings is 2. The molecule has 0 N–H and O–H groups in total. The third-order valence-electron chi connectivity index (χ3n) is 4.05. The van der Waals surface area contributed by atoms with Gasteiger partial charge in [0.25, 0.3) is 11.6 Å². The molecule has 1 atom stereocenters. The van der Waals surface area contributed by atoms with Crippen molar-refractivity contribution in [3.05, 3.63) is 63.7 Å². The first kappa shape index (κ1) is 17.4. The van der Waals surface area contributed by atoms with Gasteiger partial charge in [0.15, 0.2) is 6.10 Å². The number of ether oxygens (including phenoxy) is 2. The molecule has 0 aromatic heterocycles. The van der Waals surface area contributed by atoms with Crippen LogP contribution in [0.5, 0.6) is 5.75 Å². The van der Waals surface area contributed by atoms with E-state index in [1.807, 2.05) is 0 Å². The second-order valence-electron chi connectivity index (χ2n) is 5.79. The van der Waals surface area contributed by atoms with Crippen molar-refractivity contribution in [2.24, 2.45) is 0 Å². The van der Waals surface area contributed by atoms with E-state index in [0.717, 1.165) is 0 Å². The molecular weight excluding hydrogens is 340 g/mol. The number of amides is 1. The van der Waals surface area contributed by atoms with Crippen molar-refractivity contribution in [3.63, 3.8) is 0 Å². The van der Waals surface area contributed by atoms with Gasteiger partial charge in [-0.25, -0.2) is 4.79 Å². The topological polar surface area (TPSA) is 99.0 Å². The average molecular weight is 356 g/mol. The Kier molecular flexibility index (Phi) is 4.57. The highest BCUT2D eigenvalue weighted by atomic mass is 16.6. The third-order valence-corrected chi connectivity index (χ3v) is 4.05. The number of fused-ring (bicyclic) bond motifs is 1. The van der Waals surface area contributed by atoms with Crippen molar-refractivity contribution in [3.8, 4) is 5.75 Å². The zero-order chi connectivity index (χ0) is 18.8. The minimum atomic E-state index is -0.715. The van der Waals surface area contributed by atoms with Gasteiger partial charge in [0, 0.05) is 12.1 Å². The lowest BCUT2D eigenvalue weighted by molar-refractivity contribution is -0.384. The molecule has 1 heterocycles. The summed E-state index contributed by atoms with van der Waals surface area (Å²) >= 11 is 0. The lowest BCUT2D eigenvalue weighted by Crippen LogP contribution is -2.44. The van der Waals surface area contributed by atoms with Gasteiger partial charge in [-0.1, -0.05) is 12.1 Å². The summed E-state index contributed by atoms with van der Waals surface area (Å²) in [6.45, 7) is 1.76. The Bertz CT molecular complexity index is 895. The minimum absolute atomic E-state index is 0.136. The van der Waals surface area contributed by atoms with E-state index in [4.69, 9.17) is 9.47 Å². The molecule has 0 aliphatic carbocycles. The van der Waals surface area contributed by atoms with Crippen molar-refractivity contribution in [1.29, 1.82) is 0 Å². The number of carbonyl (C=O) groups excluding carboxylic acids is 2. The normalized spacial score (nSPS) is 15.8. The molecule has 1 unspecified atom stereocenters. The Morgan fingerprint density at radius 2 is 2.08 bits per heavy atom. The molecule has 26 heavy (non-hydrogen) atoms. The van der Waals surface area contributed by atoms with Crippen molar-refractivity contribution >= 4 is 23.3 Å². The molecule has 0 fully saturated rings. The van der Waals surface area contributed by atoms with Gasteiger partial charge < -0.3 is 14.4 Å². The monoisotopic (exact) mass is 356 g/mol. The number of carbonyl (C=O) groups is 2. The van der Waals surface area contributed by atoms with Gasteiger partial charge in [0.05, 0.1) is 29.8 Å². The number of hydrogen-bond acceptors (Lipinski definition) is 6. The SMILES string of the molecule is COC(=O)c1cccc(CN2C(=O)C(C)Oc3ccc([N+](=O)[O-])cc32)c1. The highest BCUT2D eigenvalue weighted by molar-refractivity contribution is 6.00. The van der Waals surface area contributed by atoms with Gasteiger partial charge >= 0.3 is 5.97 Å². The molecular formula is C18H16N2O6. The van der Waals surface area contributed by atoms with Crippen LogP contribution >= 0.6 is 0 Å². The van der Waals surface area contributed by atoms with E-state index < -0.39 is 17.0 Å². The summed E-state index contributed by atoms with van der Waals surface area (Å²) in [6, 6.07) is 10.8. The lowest BCUT2D eigenvalue weighted by atomic mass is 10.1. The minimum Gasteiger partial charge on any atom is -0.479 e. The number of rotatable bonds is 4.